The first kappa shape index (κ1) is 15.8. The van der Waals surface area contributed by atoms with E-state index in [2.05, 4.69) is 16.0 Å². The molecular formula is C14H23N3O4. The molecule has 118 valence electrons. The van der Waals surface area contributed by atoms with Crippen LogP contribution < -0.4 is 16.0 Å². The van der Waals surface area contributed by atoms with Crippen LogP contribution in [0.3, 0.4) is 0 Å². The first-order valence-electron chi connectivity index (χ1n) is 7.42. The monoisotopic (exact) mass is 297 g/mol. The van der Waals surface area contributed by atoms with Gasteiger partial charge in [0.15, 0.2) is 0 Å². The minimum Gasteiger partial charge on any atom is -0.384 e. The summed E-state index contributed by atoms with van der Waals surface area (Å²) in [6.07, 6.45) is 4.87. The minimum absolute atomic E-state index is 0.00716. The highest BCUT2D eigenvalue weighted by Gasteiger charge is 2.35. The standard InChI is InChI=1S/C14H23N3O4/c1-21-9-14(6-2-3-7-14)8-15-12(19)10-4-5-11(18)17-13(20)16-10/h10H,2-9H2,1H3,(H,15,19)(H2,16,17,18,20)/t10-/m0/s1. The van der Waals surface area contributed by atoms with Gasteiger partial charge in [0.2, 0.25) is 11.8 Å². The van der Waals surface area contributed by atoms with Gasteiger partial charge >= 0.3 is 6.03 Å². The maximum Gasteiger partial charge on any atom is 0.322 e. The Hall–Kier alpha value is -1.63. The average molecular weight is 297 g/mol. The quantitative estimate of drug-likeness (QED) is 0.680. The lowest BCUT2D eigenvalue weighted by molar-refractivity contribution is -0.123. The van der Waals surface area contributed by atoms with Crippen molar-refractivity contribution in [2.45, 2.75) is 44.6 Å². The van der Waals surface area contributed by atoms with E-state index in [0.29, 0.717) is 19.6 Å². The number of rotatable bonds is 5. The van der Waals surface area contributed by atoms with Crippen molar-refractivity contribution in [3.63, 3.8) is 0 Å². The summed E-state index contributed by atoms with van der Waals surface area (Å²) in [5.41, 5.74) is 0.00716. The van der Waals surface area contributed by atoms with Crippen LogP contribution in [-0.2, 0) is 14.3 Å². The maximum atomic E-state index is 12.2. The zero-order chi connectivity index (χ0) is 15.3. The number of hydrogen-bond acceptors (Lipinski definition) is 4. The molecule has 0 radical (unpaired) electrons. The van der Waals surface area contributed by atoms with E-state index in [4.69, 9.17) is 4.74 Å². The van der Waals surface area contributed by atoms with Crippen molar-refractivity contribution in [3.05, 3.63) is 0 Å². The molecule has 1 heterocycles. The summed E-state index contributed by atoms with van der Waals surface area (Å²) in [6, 6.07) is -1.26. The van der Waals surface area contributed by atoms with Crippen molar-refractivity contribution in [1.82, 2.24) is 16.0 Å². The molecule has 2 fully saturated rings. The van der Waals surface area contributed by atoms with Crippen molar-refractivity contribution in [2.24, 2.45) is 5.41 Å². The SMILES string of the molecule is COCC1(CNC(=O)[C@@H]2CCC(=O)NC(=O)N2)CCCC1. The summed E-state index contributed by atoms with van der Waals surface area (Å²) in [5, 5.41) is 7.59. The van der Waals surface area contributed by atoms with Crippen LogP contribution in [0.25, 0.3) is 0 Å². The Labute approximate surface area is 124 Å². The fourth-order valence-electron chi connectivity index (χ4n) is 3.13. The van der Waals surface area contributed by atoms with E-state index in [9.17, 15) is 14.4 Å². The topological polar surface area (TPSA) is 96.5 Å². The Morgan fingerprint density at radius 3 is 2.76 bits per heavy atom. The Balaban J connectivity index is 1.88. The molecule has 7 heteroatoms. The molecule has 0 aromatic heterocycles. The van der Waals surface area contributed by atoms with E-state index in [-0.39, 0.29) is 23.7 Å². The number of imide groups is 1. The summed E-state index contributed by atoms with van der Waals surface area (Å²) >= 11 is 0. The fourth-order valence-corrected chi connectivity index (χ4v) is 3.13. The largest absolute Gasteiger partial charge is 0.384 e. The summed E-state index contributed by atoms with van der Waals surface area (Å²) in [4.78, 5) is 34.8. The van der Waals surface area contributed by atoms with Crippen LogP contribution in [-0.4, -0.2) is 44.1 Å². The second-order valence-electron chi connectivity index (χ2n) is 5.97. The number of nitrogens with one attached hydrogen (secondary N) is 3. The first-order valence-corrected chi connectivity index (χ1v) is 7.42. The zero-order valence-corrected chi connectivity index (χ0v) is 12.4. The molecule has 4 amide bonds. The van der Waals surface area contributed by atoms with Crippen LogP contribution in [0, 0.1) is 5.41 Å². The van der Waals surface area contributed by atoms with Crippen LogP contribution in [0.15, 0.2) is 0 Å². The van der Waals surface area contributed by atoms with E-state index in [0.717, 1.165) is 25.7 Å². The molecule has 1 aliphatic carbocycles. The highest BCUT2D eigenvalue weighted by Crippen LogP contribution is 2.37. The molecule has 1 saturated heterocycles. The van der Waals surface area contributed by atoms with Crippen molar-refractivity contribution < 1.29 is 19.1 Å². The van der Waals surface area contributed by atoms with Crippen molar-refractivity contribution >= 4 is 17.8 Å². The lowest BCUT2D eigenvalue weighted by Crippen LogP contribution is -2.50. The lowest BCUT2D eigenvalue weighted by atomic mass is 9.87. The number of amides is 4. The Kier molecular flexibility index (Phi) is 5.17. The maximum absolute atomic E-state index is 12.2. The molecule has 2 rings (SSSR count). The molecule has 1 atom stereocenters. The first-order chi connectivity index (χ1) is 10.0. The molecule has 7 nitrogen and oxygen atoms in total. The van der Waals surface area contributed by atoms with Crippen LogP contribution in [0.2, 0.25) is 0 Å². The molecule has 0 aromatic carbocycles. The highest BCUT2D eigenvalue weighted by molar-refractivity contribution is 5.98. The molecule has 0 aromatic rings. The van der Waals surface area contributed by atoms with E-state index >= 15 is 0 Å². The lowest BCUT2D eigenvalue weighted by Gasteiger charge is -2.29. The summed E-state index contributed by atoms with van der Waals surface area (Å²) in [6.45, 7) is 1.18. The van der Waals surface area contributed by atoms with E-state index in [1.54, 1.807) is 7.11 Å². The molecule has 21 heavy (non-hydrogen) atoms. The Morgan fingerprint density at radius 1 is 1.38 bits per heavy atom. The van der Waals surface area contributed by atoms with Gasteiger partial charge in [0.1, 0.15) is 6.04 Å². The van der Waals surface area contributed by atoms with Gasteiger partial charge in [-0.2, -0.15) is 0 Å². The van der Waals surface area contributed by atoms with Gasteiger partial charge in [-0.1, -0.05) is 12.8 Å². The minimum atomic E-state index is -0.655. The molecule has 2 aliphatic rings. The smallest absolute Gasteiger partial charge is 0.322 e. The van der Waals surface area contributed by atoms with Crippen molar-refractivity contribution in [3.8, 4) is 0 Å². The fraction of sp³-hybridized carbons (Fsp3) is 0.786. The number of methoxy groups -OCH3 is 1. The third-order valence-corrected chi connectivity index (χ3v) is 4.29. The van der Waals surface area contributed by atoms with Gasteiger partial charge in [-0.3, -0.25) is 14.9 Å². The van der Waals surface area contributed by atoms with E-state index in [1.165, 1.54) is 0 Å². The van der Waals surface area contributed by atoms with Gasteiger partial charge in [-0.05, 0) is 19.3 Å². The van der Waals surface area contributed by atoms with Crippen LogP contribution in [0.5, 0.6) is 0 Å². The highest BCUT2D eigenvalue weighted by atomic mass is 16.5. The van der Waals surface area contributed by atoms with Crippen LogP contribution >= 0.6 is 0 Å². The molecule has 3 N–H and O–H groups in total. The average Bonchev–Trinajstić information content (AvgIpc) is 2.82. The predicted molar refractivity (Wildman–Crippen MR) is 75.5 cm³/mol. The zero-order valence-electron chi connectivity index (χ0n) is 12.4. The van der Waals surface area contributed by atoms with Gasteiger partial charge in [0.25, 0.3) is 0 Å². The Bertz CT molecular complexity index is 418. The molecule has 1 saturated carbocycles. The van der Waals surface area contributed by atoms with Gasteiger partial charge in [-0.15, -0.1) is 0 Å². The van der Waals surface area contributed by atoms with Gasteiger partial charge < -0.3 is 15.4 Å². The summed E-state index contributed by atoms with van der Waals surface area (Å²) in [5.74, 6) is -0.586. The Morgan fingerprint density at radius 2 is 2.10 bits per heavy atom. The summed E-state index contributed by atoms with van der Waals surface area (Å²) in [7, 11) is 1.67. The van der Waals surface area contributed by atoms with Crippen molar-refractivity contribution in [1.29, 1.82) is 0 Å². The van der Waals surface area contributed by atoms with E-state index < -0.39 is 12.1 Å². The second-order valence-corrected chi connectivity index (χ2v) is 5.97. The number of urea groups is 1. The number of hydrogen-bond donors (Lipinski definition) is 3. The normalized spacial score (nSPS) is 24.9. The number of ether oxygens (including phenoxy) is 1. The third kappa shape index (κ3) is 4.17. The molecule has 0 unspecified atom stereocenters. The second kappa shape index (κ2) is 6.89. The number of carbonyl (C=O) groups excluding carboxylic acids is 3. The van der Waals surface area contributed by atoms with E-state index in [1.807, 2.05) is 0 Å². The summed E-state index contributed by atoms with van der Waals surface area (Å²) < 4.78 is 5.28. The van der Waals surface area contributed by atoms with Crippen LogP contribution in [0.1, 0.15) is 38.5 Å². The third-order valence-electron chi connectivity index (χ3n) is 4.29. The molecule has 0 bridgehead atoms. The van der Waals surface area contributed by atoms with Gasteiger partial charge in [-0.25, -0.2) is 4.79 Å². The van der Waals surface area contributed by atoms with Gasteiger partial charge in [0, 0.05) is 25.5 Å². The van der Waals surface area contributed by atoms with Gasteiger partial charge in [0.05, 0.1) is 6.61 Å². The molecule has 1 aliphatic heterocycles. The molecule has 0 spiro atoms. The predicted octanol–water partition coefficient (Wildman–Crippen LogP) is 0.298. The molecular weight excluding hydrogens is 274 g/mol. The van der Waals surface area contributed by atoms with Crippen LogP contribution in [0.4, 0.5) is 4.79 Å². The van der Waals surface area contributed by atoms with Crippen molar-refractivity contribution in [2.75, 3.05) is 20.3 Å². The number of carbonyl (C=O) groups is 3.